The zero-order valence-corrected chi connectivity index (χ0v) is 16.4. The van der Waals surface area contributed by atoms with Gasteiger partial charge < -0.3 is 14.4 Å². The molecule has 0 radical (unpaired) electrons. The number of methoxy groups -OCH3 is 1. The van der Waals surface area contributed by atoms with Gasteiger partial charge in [-0.1, -0.05) is 11.6 Å². The largest absolute Gasteiger partial charge is 0.590 e. The minimum absolute atomic E-state index is 0.0728. The van der Waals surface area contributed by atoms with E-state index < -0.39 is 10.8 Å². The highest BCUT2D eigenvalue weighted by atomic mass is 35.5. The lowest BCUT2D eigenvalue weighted by molar-refractivity contribution is 0.104. The van der Waals surface area contributed by atoms with Gasteiger partial charge in [-0.3, -0.25) is 4.79 Å². The third kappa shape index (κ3) is 3.14. The minimum atomic E-state index is -1.55. The zero-order chi connectivity index (χ0) is 19.8. The summed E-state index contributed by atoms with van der Waals surface area (Å²) in [5.41, 5.74) is 1.45. The zero-order valence-electron chi connectivity index (χ0n) is 14.8. The Morgan fingerprint density at radius 3 is 2.36 bits per heavy atom. The van der Waals surface area contributed by atoms with E-state index in [0.29, 0.717) is 42.4 Å². The molecule has 4 aromatic rings. The fraction of sp³-hybridized carbons (Fsp3) is 0.0455. The number of benzene rings is 3. The van der Waals surface area contributed by atoms with Gasteiger partial charge in [0.05, 0.1) is 18.1 Å². The number of thiophene rings is 1. The van der Waals surface area contributed by atoms with E-state index in [1.165, 1.54) is 19.2 Å². The predicted molar refractivity (Wildman–Crippen MR) is 111 cm³/mol. The van der Waals surface area contributed by atoms with E-state index in [1.54, 1.807) is 54.6 Å². The molecule has 1 unspecified atom stereocenters. The lowest BCUT2D eigenvalue weighted by atomic mass is 9.97. The lowest BCUT2D eigenvalue weighted by Crippen LogP contribution is -2.02. The fourth-order valence-corrected chi connectivity index (χ4v) is 4.83. The summed E-state index contributed by atoms with van der Waals surface area (Å²) >= 11 is 5.99. The molecule has 4 nitrogen and oxygen atoms in total. The Balaban J connectivity index is 2.01. The first kappa shape index (κ1) is 18.5. The molecule has 1 atom stereocenters. The Morgan fingerprint density at radius 1 is 1.04 bits per heavy atom. The van der Waals surface area contributed by atoms with E-state index in [4.69, 9.17) is 16.3 Å². The first-order valence-electron chi connectivity index (χ1n) is 8.43. The van der Waals surface area contributed by atoms with Crippen molar-refractivity contribution in [2.24, 2.45) is 0 Å². The van der Waals surface area contributed by atoms with E-state index >= 15 is 0 Å². The van der Waals surface area contributed by atoms with Crippen LogP contribution in [0.5, 0.6) is 11.5 Å². The van der Waals surface area contributed by atoms with Crippen LogP contribution in [0.4, 0.5) is 0 Å². The summed E-state index contributed by atoms with van der Waals surface area (Å²) in [4.78, 5) is 13.8. The molecule has 1 N–H and O–H groups in total. The van der Waals surface area contributed by atoms with Crippen molar-refractivity contribution >= 4 is 38.2 Å². The molecule has 0 aliphatic carbocycles. The molecule has 1 aromatic heterocycles. The third-order valence-electron chi connectivity index (χ3n) is 4.53. The summed E-state index contributed by atoms with van der Waals surface area (Å²) in [6, 6.07) is 18.1. The number of ketones is 1. The summed E-state index contributed by atoms with van der Waals surface area (Å²) in [5.74, 6) is 0.381. The van der Waals surface area contributed by atoms with Crippen molar-refractivity contribution in [1.82, 2.24) is 0 Å². The number of halogens is 1. The van der Waals surface area contributed by atoms with Gasteiger partial charge in [0.25, 0.3) is 0 Å². The molecule has 0 saturated heterocycles. The van der Waals surface area contributed by atoms with Crippen molar-refractivity contribution in [3.63, 3.8) is 0 Å². The van der Waals surface area contributed by atoms with Gasteiger partial charge in [0.2, 0.25) is 0 Å². The Labute approximate surface area is 169 Å². The van der Waals surface area contributed by atoms with Crippen LogP contribution in [-0.4, -0.2) is 22.6 Å². The van der Waals surface area contributed by atoms with Gasteiger partial charge in [0.15, 0.2) is 15.4 Å². The Kier molecular flexibility index (Phi) is 4.81. The number of ether oxygens (including phenoxy) is 1. The summed E-state index contributed by atoms with van der Waals surface area (Å²) in [6.07, 6.45) is 0. The van der Waals surface area contributed by atoms with Gasteiger partial charge in [-0.25, -0.2) is 0 Å². The van der Waals surface area contributed by atoms with Crippen LogP contribution < -0.4 is 4.74 Å². The van der Waals surface area contributed by atoms with E-state index in [-0.39, 0.29) is 11.5 Å². The number of fused-ring (bicyclic) bond motifs is 1. The van der Waals surface area contributed by atoms with Crippen molar-refractivity contribution in [1.29, 1.82) is 0 Å². The molecule has 1 heterocycles. The number of aromatic hydroxyl groups is 1. The summed E-state index contributed by atoms with van der Waals surface area (Å²) in [5, 5.41) is 10.7. The maximum Gasteiger partial charge on any atom is 0.199 e. The second-order valence-corrected chi connectivity index (χ2v) is 8.04. The second kappa shape index (κ2) is 7.28. The first-order chi connectivity index (χ1) is 13.5. The molecule has 0 spiro atoms. The van der Waals surface area contributed by atoms with Crippen molar-refractivity contribution in [2.45, 2.75) is 0 Å². The average molecular weight is 411 g/mol. The van der Waals surface area contributed by atoms with Gasteiger partial charge in [-0.15, -0.1) is 0 Å². The molecule has 3 aromatic carbocycles. The Bertz CT molecular complexity index is 1180. The van der Waals surface area contributed by atoms with Crippen molar-refractivity contribution < 1.29 is 19.2 Å². The Morgan fingerprint density at radius 2 is 1.71 bits per heavy atom. The highest BCUT2D eigenvalue weighted by molar-refractivity contribution is 7.35. The van der Waals surface area contributed by atoms with Crippen LogP contribution >= 0.6 is 22.4 Å². The quantitative estimate of drug-likeness (QED) is 0.339. The second-order valence-electron chi connectivity index (χ2n) is 6.22. The van der Waals surface area contributed by atoms with Crippen molar-refractivity contribution in [3.8, 4) is 21.9 Å². The fourth-order valence-electron chi connectivity index (χ4n) is 3.15. The minimum Gasteiger partial charge on any atom is -0.590 e. The monoisotopic (exact) mass is 410 g/mol. The van der Waals surface area contributed by atoms with Gasteiger partial charge in [-0.2, -0.15) is 0 Å². The number of rotatable bonds is 4. The lowest BCUT2D eigenvalue weighted by Gasteiger charge is -2.04. The molecule has 0 saturated carbocycles. The van der Waals surface area contributed by atoms with Gasteiger partial charge in [0.1, 0.15) is 11.5 Å². The van der Waals surface area contributed by atoms with Crippen molar-refractivity contribution in [2.75, 3.05) is 7.11 Å². The Hall–Kier alpha value is -2.86. The molecule has 0 aliphatic heterocycles. The average Bonchev–Trinajstić information content (AvgIpc) is 3.00. The number of hydrogen-bond acceptors (Lipinski definition) is 4. The molecule has 0 bridgehead atoms. The standard InChI is InChI=1S/C22H15ClO4S/c1-27-17-10-11-18-19(12-17)28(26)22(14-2-6-15(23)7-3-14)20(18)21(25)13-4-8-16(24)9-5-13/h2-12,24H,1H3. The molecule has 0 fully saturated rings. The third-order valence-corrected chi connectivity index (χ3v) is 6.33. The van der Waals surface area contributed by atoms with Crippen LogP contribution in [0, 0.1) is 0 Å². The topological polar surface area (TPSA) is 69.6 Å². The van der Waals surface area contributed by atoms with Crippen LogP contribution in [0.25, 0.3) is 20.5 Å². The molecule has 0 amide bonds. The van der Waals surface area contributed by atoms with Crippen molar-refractivity contribution in [3.05, 3.63) is 82.9 Å². The van der Waals surface area contributed by atoms with Crippen LogP contribution in [-0.2, 0) is 0 Å². The van der Waals surface area contributed by atoms with Gasteiger partial charge in [0, 0.05) is 22.2 Å². The predicted octanol–water partition coefficient (Wildman–Crippen LogP) is 5.83. The molecule has 6 heteroatoms. The maximum absolute atomic E-state index is 13.3. The number of phenolic OH excluding ortho intramolecular Hbond substituents is 1. The summed E-state index contributed by atoms with van der Waals surface area (Å²) in [7, 11) is -0.0102. The molecule has 4 rings (SSSR count). The number of hydrogen-bond donors (Lipinski definition) is 1. The van der Waals surface area contributed by atoms with Crippen LogP contribution in [0.3, 0.4) is 0 Å². The summed E-state index contributed by atoms with van der Waals surface area (Å²) < 4.78 is 19.1. The SMILES string of the molecule is COc1ccc2c(C(=O)c3ccc(O)cc3)c(-c3ccc(Cl)cc3)[s+]([O-])c2c1. The van der Waals surface area contributed by atoms with E-state index in [0.717, 1.165) is 0 Å². The smallest absolute Gasteiger partial charge is 0.199 e. The van der Waals surface area contributed by atoms with E-state index in [9.17, 15) is 14.5 Å². The number of carbonyl (C=O) groups is 1. The first-order valence-corrected chi connectivity index (χ1v) is 9.96. The normalized spacial score (nSPS) is 11.6. The molecular weight excluding hydrogens is 396 g/mol. The molecular formula is C22H15ClO4S. The van der Waals surface area contributed by atoms with Crippen LogP contribution in [0.15, 0.2) is 66.7 Å². The van der Waals surface area contributed by atoms with Crippen LogP contribution in [0.2, 0.25) is 5.02 Å². The van der Waals surface area contributed by atoms with E-state index in [2.05, 4.69) is 0 Å². The summed E-state index contributed by atoms with van der Waals surface area (Å²) in [6.45, 7) is 0. The highest BCUT2D eigenvalue weighted by Crippen LogP contribution is 2.46. The maximum atomic E-state index is 13.3. The van der Waals surface area contributed by atoms with Crippen LogP contribution in [0.1, 0.15) is 15.9 Å². The van der Waals surface area contributed by atoms with Gasteiger partial charge >= 0.3 is 0 Å². The molecule has 0 aliphatic rings. The number of phenols is 1. The van der Waals surface area contributed by atoms with Gasteiger partial charge in [-0.05, 0) is 71.4 Å². The highest BCUT2D eigenvalue weighted by Gasteiger charge is 2.29. The van der Waals surface area contributed by atoms with E-state index in [1.807, 2.05) is 0 Å². The number of carbonyl (C=O) groups excluding carboxylic acids is 1. The molecule has 140 valence electrons. The molecule has 28 heavy (non-hydrogen) atoms.